The van der Waals surface area contributed by atoms with Gasteiger partial charge < -0.3 is 11.1 Å². The van der Waals surface area contributed by atoms with Gasteiger partial charge in [0.15, 0.2) is 0 Å². The van der Waals surface area contributed by atoms with Gasteiger partial charge >= 0.3 is 0 Å². The molecule has 3 heteroatoms. The smallest absolute Gasteiger partial charge is 0.0965 e. The molecule has 1 aliphatic heterocycles. The van der Waals surface area contributed by atoms with Crippen LogP contribution < -0.4 is 11.1 Å². The number of nitrogens with one attached hydrogen (secondary N) is 1. The van der Waals surface area contributed by atoms with Crippen LogP contribution in [0.4, 0.5) is 0 Å². The highest BCUT2D eigenvalue weighted by Gasteiger charge is 2.45. The summed E-state index contributed by atoms with van der Waals surface area (Å²) in [6.07, 6.45) is 6.00. The SMILES string of the molecule is C=C/C=C(\N=C(\C)N)c1ccc2c(c1)[C@]1(C)CCN[C@H](C2)[C@H]1C. The summed E-state index contributed by atoms with van der Waals surface area (Å²) in [4.78, 5) is 4.48. The average molecular weight is 309 g/mol. The van der Waals surface area contributed by atoms with E-state index in [1.807, 2.05) is 13.0 Å². The molecule has 1 heterocycles. The highest BCUT2D eigenvalue weighted by atomic mass is 14.9. The average Bonchev–Trinajstić information content (AvgIpc) is 2.49. The van der Waals surface area contributed by atoms with Gasteiger partial charge in [0.2, 0.25) is 0 Å². The van der Waals surface area contributed by atoms with Crippen molar-refractivity contribution in [3.05, 3.63) is 53.6 Å². The molecule has 122 valence electrons. The molecule has 1 aromatic carbocycles. The molecule has 2 aliphatic rings. The second-order valence-corrected chi connectivity index (χ2v) is 7.13. The second kappa shape index (κ2) is 5.97. The van der Waals surface area contributed by atoms with E-state index in [4.69, 9.17) is 5.73 Å². The highest BCUT2D eigenvalue weighted by molar-refractivity contribution is 5.85. The molecule has 2 bridgehead atoms. The lowest BCUT2D eigenvalue weighted by molar-refractivity contribution is 0.158. The summed E-state index contributed by atoms with van der Waals surface area (Å²) in [6, 6.07) is 7.36. The van der Waals surface area contributed by atoms with Crippen molar-refractivity contribution in [2.24, 2.45) is 16.6 Å². The van der Waals surface area contributed by atoms with Crippen molar-refractivity contribution in [2.45, 2.75) is 45.1 Å². The van der Waals surface area contributed by atoms with Crippen LogP contribution in [0.1, 0.15) is 43.9 Å². The Bertz CT molecular complexity index is 682. The van der Waals surface area contributed by atoms with Crippen LogP contribution in [0.5, 0.6) is 0 Å². The molecular formula is C20H27N3. The van der Waals surface area contributed by atoms with Crippen LogP contribution in [0.3, 0.4) is 0 Å². The number of piperidine rings is 1. The maximum absolute atomic E-state index is 5.79. The minimum Gasteiger partial charge on any atom is -0.387 e. The molecule has 1 aliphatic carbocycles. The molecule has 3 rings (SSSR count). The summed E-state index contributed by atoms with van der Waals surface area (Å²) in [7, 11) is 0. The van der Waals surface area contributed by atoms with Crippen LogP contribution in [0.25, 0.3) is 5.70 Å². The normalized spacial score (nSPS) is 30.7. The number of hydrogen-bond donors (Lipinski definition) is 2. The Morgan fingerprint density at radius 1 is 1.48 bits per heavy atom. The summed E-state index contributed by atoms with van der Waals surface area (Å²) in [5.74, 6) is 1.21. The Balaban J connectivity index is 2.10. The number of fused-ring (bicyclic) bond motifs is 4. The van der Waals surface area contributed by atoms with Crippen molar-refractivity contribution in [2.75, 3.05) is 6.54 Å². The van der Waals surface area contributed by atoms with Gasteiger partial charge in [-0.1, -0.05) is 38.6 Å². The maximum atomic E-state index is 5.79. The second-order valence-electron chi connectivity index (χ2n) is 7.13. The largest absolute Gasteiger partial charge is 0.387 e. The van der Waals surface area contributed by atoms with Gasteiger partial charge in [-0.15, -0.1) is 0 Å². The molecule has 3 N–H and O–H groups in total. The number of amidine groups is 1. The Morgan fingerprint density at radius 2 is 2.26 bits per heavy atom. The van der Waals surface area contributed by atoms with Crippen molar-refractivity contribution in [3.63, 3.8) is 0 Å². The van der Waals surface area contributed by atoms with E-state index in [0.29, 0.717) is 17.8 Å². The molecule has 1 saturated heterocycles. The highest BCUT2D eigenvalue weighted by Crippen LogP contribution is 2.46. The van der Waals surface area contributed by atoms with Gasteiger partial charge in [-0.3, -0.25) is 0 Å². The van der Waals surface area contributed by atoms with Crippen molar-refractivity contribution in [1.29, 1.82) is 0 Å². The van der Waals surface area contributed by atoms with E-state index < -0.39 is 0 Å². The Labute approximate surface area is 139 Å². The van der Waals surface area contributed by atoms with Crippen molar-refractivity contribution in [1.82, 2.24) is 5.32 Å². The number of nitrogens with zero attached hydrogens (tertiary/aromatic N) is 1. The van der Waals surface area contributed by atoms with Crippen LogP contribution in [0, 0.1) is 5.92 Å². The van der Waals surface area contributed by atoms with E-state index >= 15 is 0 Å². The van der Waals surface area contributed by atoms with E-state index in [9.17, 15) is 0 Å². The fourth-order valence-corrected chi connectivity index (χ4v) is 4.18. The quantitative estimate of drug-likeness (QED) is 0.511. The first kappa shape index (κ1) is 16.0. The van der Waals surface area contributed by atoms with Crippen LogP contribution in [-0.4, -0.2) is 18.4 Å². The fraction of sp³-hybridized carbons (Fsp3) is 0.450. The third kappa shape index (κ3) is 2.74. The first-order valence-electron chi connectivity index (χ1n) is 8.46. The van der Waals surface area contributed by atoms with E-state index in [1.165, 1.54) is 17.5 Å². The minimum atomic E-state index is 0.236. The number of allylic oxidation sites excluding steroid dienone is 2. The fourth-order valence-electron chi connectivity index (χ4n) is 4.18. The van der Waals surface area contributed by atoms with Crippen LogP contribution >= 0.6 is 0 Å². The minimum absolute atomic E-state index is 0.236. The predicted molar refractivity (Wildman–Crippen MR) is 98.5 cm³/mol. The number of benzene rings is 1. The van der Waals surface area contributed by atoms with E-state index in [0.717, 1.165) is 24.2 Å². The van der Waals surface area contributed by atoms with Gasteiger partial charge in [0, 0.05) is 11.6 Å². The number of nitrogens with two attached hydrogens (primary N) is 1. The van der Waals surface area contributed by atoms with Gasteiger partial charge in [0.05, 0.1) is 11.5 Å². The molecular weight excluding hydrogens is 282 g/mol. The first-order valence-corrected chi connectivity index (χ1v) is 8.46. The molecule has 0 spiro atoms. The standard InChI is InChI=1S/C20H27N3/c1-5-6-18(23-14(3)21)16-8-7-15-12-19-13(2)20(4,9-10-22-19)17(15)11-16/h5-8,11,13,19,22H,1,9-10,12H2,2-4H3,(H2,21,23)/b18-6-/t13-,19-,20-/m1/s1. The number of rotatable bonds is 3. The molecule has 1 aromatic rings. The van der Waals surface area contributed by atoms with Crippen LogP contribution in [-0.2, 0) is 11.8 Å². The molecule has 0 aromatic heterocycles. The lowest BCUT2D eigenvalue weighted by Crippen LogP contribution is -2.56. The molecule has 3 nitrogen and oxygen atoms in total. The maximum Gasteiger partial charge on any atom is 0.0965 e. The molecule has 3 atom stereocenters. The summed E-state index contributed by atoms with van der Waals surface area (Å²) < 4.78 is 0. The predicted octanol–water partition coefficient (Wildman–Crippen LogP) is 3.40. The molecule has 0 radical (unpaired) electrons. The monoisotopic (exact) mass is 309 g/mol. The summed E-state index contributed by atoms with van der Waals surface area (Å²) >= 11 is 0. The molecule has 0 amide bonds. The molecule has 23 heavy (non-hydrogen) atoms. The lowest BCUT2D eigenvalue weighted by atomic mass is 9.59. The van der Waals surface area contributed by atoms with E-state index in [2.05, 4.69) is 48.9 Å². The van der Waals surface area contributed by atoms with E-state index in [1.54, 1.807) is 6.08 Å². The van der Waals surface area contributed by atoms with Gasteiger partial charge in [0.25, 0.3) is 0 Å². The number of aliphatic imine (C=N–C) groups is 1. The lowest BCUT2D eigenvalue weighted by Gasteiger charge is -2.50. The summed E-state index contributed by atoms with van der Waals surface area (Å²) in [5, 5.41) is 3.69. The Kier molecular flexibility index (Phi) is 4.15. The zero-order valence-electron chi connectivity index (χ0n) is 14.4. The Hall–Kier alpha value is -1.87. The van der Waals surface area contributed by atoms with Gasteiger partial charge in [0.1, 0.15) is 0 Å². The van der Waals surface area contributed by atoms with Crippen LogP contribution in [0.2, 0.25) is 0 Å². The van der Waals surface area contributed by atoms with Crippen molar-refractivity contribution in [3.8, 4) is 0 Å². The third-order valence-electron chi connectivity index (χ3n) is 5.69. The summed E-state index contributed by atoms with van der Waals surface area (Å²) in [6.45, 7) is 11.5. The summed E-state index contributed by atoms with van der Waals surface area (Å²) in [5.41, 5.74) is 11.0. The zero-order valence-corrected chi connectivity index (χ0v) is 14.4. The van der Waals surface area contributed by atoms with E-state index in [-0.39, 0.29) is 5.41 Å². The first-order chi connectivity index (χ1) is 11.0. The van der Waals surface area contributed by atoms with Gasteiger partial charge in [-0.05, 0) is 60.9 Å². The van der Waals surface area contributed by atoms with Gasteiger partial charge in [-0.25, -0.2) is 4.99 Å². The van der Waals surface area contributed by atoms with Crippen molar-refractivity contribution < 1.29 is 0 Å². The van der Waals surface area contributed by atoms with Gasteiger partial charge in [-0.2, -0.15) is 0 Å². The number of hydrogen-bond acceptors (Lipinski definition) is 2. The molecule has 0 unspecified atom stereocenters. The topological polar surface area (TPSA) is 50.4 Å². The zero-order chi connectivity index (χ0) is 16.6. The van der Waals surface area contributed by atoms with Crippen LogP contribution in [0.15, 0.2) is 41.9 Å². The van der Waals surface area contributed by atoms with Crippen molar-refractivity contribution >= 4 is 11.5 Å². The molecule has 1 fully saturated rings. The Morgan fingerprint density at radius 3 is 2.96 bits per heavy atom. The molecule has 0 saturated carbocycles. The third-order valence-corrected chi connectivity index (χ3v) is 5.69.